The molecule has 116 valence electrons. The van der Waals surface area contributed by atoms with Gasteiger partial charge in [0.05, 0.1) is 12.2 Å². The second-order valence-corrected chi connectivity index (χ2v) is 5.00. The van der Waals surface area contributed by atoms with E-state index in [9.17, 15) is 4.79 Å². The lowest BCUT2D eigenvalue weighted by Gasteiger charge is -2.14. The van der Waals surface area contributed by atoms with Gasteiger partial charge in [-0.2, -0.15) is 0 Å². The van der Waals surface area contributed by atoms with Crippen LogP contribution in [-0.4, -0.2) is 33.0 Å². The van der Waals surface area contributed by atoms with Gasteiger partial charge < -0.3 is 15.2 Å². The van der Waals surface area contributed by atoms with Crippen molar-refractivity contribution in [3.8, 4) is 11.4 Å². The van der Waals surface area contributed by atoms with Gasteiger partial charge in [0.15, 0.2) is 5.76 Å². The Morgan fingerprint density at radius 3 is 2.83 bits per heavy atom. The van der Waals surface area contributed by atoms with E-state index in [2.05, 4.69) is 15.1 Å². The molecule has 0 aliphatic rings. The van der Waals surface area contributed by atoms with Crippen molar-refractivity contribution in [2.24, 2.45) is 0 Å². The number of carbonyl (C=O) groups is 1. The monoisotopic (exact) mass is 309 g/mol. The largest absolute Gasteiger partial charge is 0.384 e. The summed E-state index contributed by atoms with van der Waals surface area (Å²) in [5.41, 5.74) is 7.23. The number of nitrogen functional groups attached to an aromatic ring is 1. The van der Waals surface area contributed by atoms with Crippen LogP contribution in [0.5, 0.6) is 0 Å². The quantitative estimate of drug-likeness (QED) is 0.791. The minimum Gasteiger partial charge on any atom is -0.384 e. The Morgan fingerprint density at radius 2 is 2.09 bits per heavy atom. The fraction of sp³-hybridized carbons (Fsp3) is 0.125. The number of nitrogens with zero attached hydrogens (tertiary/aromatic N) is 4. The Kier molecular flexibility index (Phi) is 4.01. The average Bonchev–Trinajstić information content (AvgIpc) is 3.03. The van der Waals surface area contributed by atoms with E-state index in [1.54, 1.807) is 37.5 Å². The van der Waals surface area contributed by atoms with Gasteiger partial charge in [-0.15, -0.1) is 0 Å². The molecule has 0 radical (unpaired) electrons. The van der Waals surface area contributed by atoms with E-state index in [-0.39, 0.29) is 18.1 Å². The molecule has 0 bridgehead atoms. The zero-order valence-corrected chi connectivity index (χ0v) is 12.5. The van der Waals surface area contributed by atoms with Crippen LogP contribution in [0.2, 0.25) is 0 Å². The molecule has 3 aromatic rings. The molecule has 0 atom stereocenters. The molecule has 7 nitrogen and oxygen atoms in total. The SMILES string of the molecule is CN(Cc1cc(-c2ccccn2)no1)C(=O)c1cccc(N)n1. The Bertz CT molecular complexity index is 816. The Hall–Kier alpha value is -3.22. The molecule has 0 fully saturated rings. The predicted octanol–water partition coefficient (Wildman–Crippen LogP) is 1.99. The topological polar surface area (TPSA) is 98.1 Å². The lowest BCUT2D eigenvalue weighted by atomic mass is 10.2. The summed E-state index contributed by atoms with van der Waals surface area (Å²) >= 11 is 0. The predicted molar refractivity (Wildman–Crippen MR) is 84.2 cm³/mol. The standard InChI is InChI=1S/C16H15N5O2/c1-21(16(22)13-6-4-7-15(17)19-13)10-11-9-14(20-23-11)12-5-2-3-8-18-12/h2-9H,10H2,1H3,(H2,17,19). The van der Waals surface area contributed by atoms with Crippen molar-refractivity contribution in [1.82, 2.24) is 20.0 Å². The summed E-state index contributed by atoms with van der Waals surface area (Å²) in [5, 5.41) is 3.97. The van der Waals surface area contributed by atoms with Crippen molar-refractivity contribution in [3.63, 3.8) is 0 Å². The van der Waals surface area contributed by atoms with Crippen LogP contribution in [0, 0.1) is 0 Å². The average molecular weight is 309 g/mol. The summed E-state index contributed by atoms with van der Waals surface area (Å²) in [6, 6.07) is 12.2. The van der Waals surface area contributed by atoms with Crippen LogP contribution >= 0.6 is 0 Å². The van der Waals surface area contributed by atoms with Crippen LogP contribution in [0.15, 0.2) is 53.2 Å². The fourth-order valence-electron chi connectivity index (χ4n) is 2.09. The normalized spacial score (nSPS) is 10.5. The maximum absolute atomic E-state index is 12.3. The fourth-order valence-corrected chi connectivity index (χ4v) is 2.09. The number of aromatic nitrogens is 3. The maximum Gasteiger partial charge on any atom is 0.272 e. The molecular formula is C16H15N5O2. The van der Waals surface area contributed by atoms with Gasteiger partial charge in [0.25, 0.3) is 5.91 Å². The first-order valence-corrected chi connectivity index (χ1v) is 6.98. The van der Waals surface area contributed by atoms with E-state index in [0.29, 0.717) is 23.0 Å². The number of amides is 1. The number of anilines is 1. The molecule has 2 N–H and O–H groups in total. The van der Waals surface area contributed by atoms with Gasteiger partial charge in [-0.3, -0.25) is 9.78 Å². The summed E-state index contributed by atoms with van der Waals surface area (Å²) in [5.74, 6) is 0.625. The smallest absolute Gasteiger partial charge is 0.272 e. The van der Waals surface area contributed by atoms with Crippen molar-refractivity contribution >= 4 is 11.7 Å². The van der Waals surface area contributed by atoms with Crippen molar-refractivity contribution < 1.29 is 9.32 Å². The highest BCUT2D eigenvalue weighted by Crippen LogP contribution is 2.17. The third kappa shape index (κ3) is 3.34. The van der Waals surface area contributed by atoms with Crippen molar-refractivity contribution in [3.05, 3.63) is 60.1 Å². The molecule has 0 unspecified atom stereocenters. The van der Waals surface area contributed by atoms with Crippen LogP contribution in [0.3, 0.4) is 0 Å². The third-order valence-corrected chi connectivity index (χ3v) is 3.22. The number of nitrogens with two attached hydrogens (primary N) is 1. The van der Waals surface area contributed by atoms with Gasteiger partial charge in [0.2, 0.25) is 0 Å². The van der Waals surface area contributed by atoms with E-state index in [1.165, 1.54) is 4.90 Å². The number of rotatable bonds is 4. The molecule has 3 rings (SSSR count). The molecular weight excluding hydrogens is 294 g/mol. The van der Waals surface area contributed by atoms with Crippen molar-refractivity contribution in [2.45, 2.75) is 6.54 Å². The molecule has 0 aliphatic heterocycles. The van der Waals surface area contributed by atoms with E-state index >= 15 is 0 Å². The van der Waals surface area contributed by atoms with Gasteiger partial charge in [0.1, 0.15) is 17.2 Å². The van der Waals surface area contributed by atoms with Crippen LogP contribution in [0.1, 0.15) is 16.2 Å². The third-order valence-electron chi connectivity index (χ3n) is 3.22. The van der Waals surface area contributed by atoms with Gasteiger partial charge in [0, 0.05) is 19.3 Å². The molecule has 1 amide bonds. The number of pyridine rings is 2. The summed E-state index contributed by atoms with van der Waals surface area (Å²) in [6.07, 6.45) is 1.69. The zero-order chi connectivity index (χ0) is 16.2. The van der Waals surface area contributed by atoms with E-state index in [4.69, 9.17) is 10.3 Å². The van der Waals surface area contributed by atoms with Gasteiger partial charge >= 0.3 is 0 Å². The minimum atomic E-state index is -0.243. The highest BCUT2D eigenvalue weighted by Gasteiger charge is 2.16. The molecule has 0 spiro atoms. The maximum atomic E-state index is 12.3. The first-order chi connectivity index (χ1) is 11.1. The van der Waals surface area contributed by atoms with Crippen LogP contribution in [0.25, 0.3) is 11.4 Å². The molecule has 0 aromatic carbocycles. The molecule has 23 heavy (non-hydrogen) atoms. The first-order valence-electron chi connectivity index (χ1n) is 6.98. The van der Waals surface area contributed by atoms with Crippen LogP contribution in [0.4, 0.5) is 5.82 Å². The molecule has 3 aromatic heterocycles. The zero-order valence-electron chi connectivity index (χ0n) is 12.5. The van der Waals surface area contributed by atoms with E-state index in [1.807, 2.05) is 18.2 Å². The van der Waals surface area contributed by atoms with E-state index < -0.39 is 0 Å². The van der Waals surface area contributed by atoms with Crippen molar-refractivity contribution in [1.29, 1.82) is 0 Å². The number of hydrogen-bond acceptors (Lipinski definition) is 6. The Balaban J connectivity index is 1.72. The highest BCUT2D eigenvalue weighted by atomic mass is 16.5. The summed E-state index contributed by atoms with van der Waals surface area (Å²) in [7, 11) is 1.66. The molecule has 0 aliphatic carbocycles. The Labute approximate surface area is 132 Å². The summed E-state index contributed by atoms with van der Waals surface area (Å²) in [6.45, 7) is 0.273. The molecule has 7 heteroatoms. The van der Waals surface area contributed by atoms with E-state index in [0.717, 1.165) is 0 Å². The second kappa shape index (κ2) is 6.27. The molecule has 0 saturated heterocycles. The van der Waals surface area contributed by atoms with Crippen LogP contribution < -0.4 is 5.73 Å². The molecule has 0 saturated carbocycles. The van der Waals surface area contributed by atoms with Crippen molar-refractivity contribution in [2.75, 3.05) is 12.8 Å². The van der Waals surface area contributed by atoms with Crippen LogP contribution in [-0.2, 0) is 6.54 Å². The molecule has 3 heterocycles. The first kappa shape index (κ1) is 14.7. The van der Waals surface area contributed by atoms with Gasteiger partial charge in [-0.05, 0) is 24.3 Å². The Morgan fingerprint density at radius 1 is 1.22 bits per heavy atom. The second-order valence-electron chi connectivity index (χ2n) is 5.00. The highest BCUT2D eigenvalue weighted by molar-refractivity contribution is 5.92. The lowest BCUT2D eigenvalue weighted by Crippen LogP contribution is -2.27. The summed E-state index contributed by atoms with van der Waals surface area (Å²) < 4.78 is 5.27. The summed E-state index contributed by atoms with van der Waals surface area (Å²) in [4.78, 5) is 22.0. The van der Waals surface area contributed by atoms with Gasteiger partial charge in [-0.25, -0.2) is 4.98 Å². The van der Waals surface area contributed by atoms with Gasteiger partial charge in [-0.1, -0.05) is 17.3 Å². The lowest BCUT2D eigenvalue weighted by molar-refractivity contribution is 0.0766. The minimum absolute atomic E-state index is 0.243. The number of hydrogen-bond donors (Lipinski definition) is 1. The number of carbonyl (C=O) groups excluding carboxylic acids is 1.